The molecule has 0 aliphatic heterocycles. The SMILES string of the molecule is CC(C)(C)[Si](C)(C)C#Cc1cc(Cl)nc(N)n1. The molecule has 0 aliphatic rings. The van der Waals surface area contributed by atoms with Gasteiger partial charge in [-0.2, -0.15) is 0 Å². The quantitative estimate of drug-likeness (QED) is 0.446. The summed E-state index contributed by atoms with van der Waals surface area (Å²) in [6.45, 7) is 11.1. The highest BCUT2D eigenvalue weighted by molar-refractivity contribution is 6.87. The number of nitrogens with two attached hydrogens (primary N) is 1. The van der Waals surface area contributed by atoms with Crippen molar-refractivity contribution in [1.82, 2.24) is 9.97 Å². The van der Waals surface area contributed by atoms with Gasteiger partial charge < -0.3 is 5.73 Å². The fraction of sp³-hybridized carbons (Fsp3) is 0.500. The second-order valence-electron chi connectivity index (χ2n) is 5.56. The van der Waals surface area contributed by atoms with Crippen molar-refractivity contribution in [2.24, 2.45) is 0 Å². The minimum absolute atomic E-state index is 0.164. The van der Waals surface area contributed by atoms with Crippen molar-refractivity contribution in [1.29, 1.82) is 0 Å². The Morgan fingerprint density at radius 3 is 2.35 bits per heavy atom. The first-order valence-corrected chi connectivity index (χ1v) is 8.83. The summed E-state index contributed by atoms with van der Waals surface area (Å²) in [4.78, 5) is 7.85. The normalized spacial score (nSPS) is 11.9. The standard InChI is InChI=1S/C12H18ClN3Si/c1-12(2,3)17(4,5)7-6-9-8-10(13)16-11(14)15-9/h8H,1-5H3,(H2,14,15,16). The molecule has 1 aromatic rings. The van der Waals surface area contributed by atoms with Gasteiger partial charge >= 0.3 is 0 Å². The van der Waals surface area contributed by atoms with Gasteiger partial charge in [0, 0.05) is 6.07 Å². The van der Waals surface area contributed by atoms with Gasteiger partial charge in [-0.15, -0.1) is 5.54 Å². The third-order valence-corrected chi connectivity index (χ3v) is 7.78. The van der Waals surface area contributed by atoms with E-state index in [1.807, 2.05) is 0 Å². The van der Waals surface area contributed by atoms with E-state index in [4.69, 9.17) is 17.3 Å². The van der Waals surface area contributed by atoms with E-state index >= 15 is 0 Å². The van der Waals surface area contributed by atoms with Crippen molar-refractivity contribution in [3.05, 3.63) is 16.9 Å². The van der Waals surface area contributed by atoms with Gasteiger partial charge in [-0.25, -0.2) is 9.97 Å². The molecule has 0 saturated carbocycles. The minimum Gasteiger partial charge on any atom is -0.368 e. The first kappa shape index (κ1) is 14.0. The molecule has 0 amide bonds. The largest absolute Gasteiger partial charge is 0.368 e. The summed E-state index contributed by atoms with van der Waals surface area (Å²) in [5, 5.41) is 0.555. The van der Waals surface area contributed by atoms with Gasteiger partial charge in [0.05, 0.1) is 0 Å². The average molecular weight is 268 g/mol. The number of nitrogen functional groups attached to an aromatic ring is 1. The van der Waals surface area contributed by atoms with Gasteiger partial charge in [-0.05, 0) is 5.04 Å². The maximum absolute atomic E-state index is 5.80. The lowest BCUT2D eigenvalue weighted by Gasteiger charge is -2.31. The zero-order valence-electron chi connectivity index (χ0n) is 10.9. The van der Waals surface area contributed by atoms with Crippen LogP contribution in [0.2, 0.25) is 23.3 Å². The Morgan fingerprint density at radius 2 is 1.88 bits per heavy atom. The van der Waals surface area contributed by atoms with Crippen molar-refractivity contribution in [3.63, 3.8) is 0 Å². The summed E-state index contributed by atoms with van der Waals surface area (Å²) >= 11 is 5.80. The molecule has 0 aliphatic carbocycles. The lowest BCUT2D eigenvalue weighted by atomic mass is 10.2. The van der Waals surface area contributed by atoms with E-state index in [1.165, 1.54) is 0 Å². The number of nitrogens with zero attached hydrogens (tertiary/aromatic N) is 2. The van der Waals surface area contributed by atoms with Crippen LogP contribution in [-0.4, -0.2) is 18.0 Å². The van der Waals surface area contributed by atoms with Crippen LogP contribution in [0.3, 0.4) is 0 Å². The molecular formula is C12H18ClN3Si. The van der Waals surface area contributed by atoms with Gasteiger partial charge in [-0.1, -0.05) is 51.4 Å². The van der Waals surface area contributed by atoms with E-state index < -0.39 is 8.07 Å². The summed E-state index contributed by atoms with van der Waals surface area (Å²) in [5.41, 5.74) is 9.47. The fourth-order valence-corrected chi connectivity index (χ4v) is 1.91. The van der Waals surface area contributed by atoms with Crippen LogP contribution in [0.1, 0.15) is 26.5 Å². The van der Waals surface area contributed by atoms with Crippen LogP contribution in [0.5, 0.6) is 0 Å². The Kier molecular flexibility index (Phi) is 3.85. The van der Waals surface area contributed by atoms with E-state index in [9.17, 15) is 0 Å². The summed E-state index contributed by atoms with van der Waals surface area (Å²) in [6, 6.07) is 1.64. The summed E-state index contributed by atoms with van der Waals surface area (Å²) < 4.78 is 0. The van der Waals surface area contributed by atoms with E-state index in [-0.39, 0.29) is 11.0 Å². The molecule has 3 nitrogen and oxygen atoms in total. The van der Waals surface area contributed by atoms with Crippen molar-refractivity contribution in [2.75, 3.05) is 5.73 Å². The molecular weight excluding hydrogens is 250 g/mol. The van der Waals surface area contributed by atoms with Crippen LogP contribution < -0.4 is 5.73 Å². The lowest BCUT2D eigenvalue weighted by Crippen LogP contribution is -2.35. The lowest BCUT2D eigenvalue weighted by molar-refractivity contribution is 0.731. The number of rotatable bonds is 0. The van der Waals surface area contributed by atoms with Crippen LogP contribution in [0.4, 0.5) is 5.95 Å². The zero-order valence-corrected chi connectivity index (χ0v) is 12.7. The van der Waals surface area contributed by atoms with E-state index in [0.29, 0.717) is 10.8 Å². The minimum atomic E-state index is -1.63. The van der Waals surface area contributed by atoms with Crippen LogP contribution in [-0.2, 0) is 0 Å². The molecule has 0 aromatic carbocycles. The number of halogens is 1. The Bertz CT molecular complexity index is 460. The Morgan fingerprint density at radius 1 is 1.29 bits per heavy atom. The number of hydrogen-bond donors (Lipinski definition) is 1. The highest BCUT2D eigenvalue weighted by atomic mass is 35.5. The summed E-state index contributed by atoms with van der Waals surface area (Å²) in [7, 11) is -1.63. The number of hydrogen-bond acceptors (Lipinski definition) is 3. The van der Waals surface area contributed by atoms with Crippen molar-refractivity contribution >= 4 is 25.6 Å². The molecule has 5 heteroatoms. The van der Waals surface area contributed by atoms with E-state index in [2.05, 4.69) is 55.3 Å². The van der Waals surface area contributed by atoms with Gasteiger partial charge in [0.25, 0.3) is 0 Å². The zero-order chi connectivity index (χ0) is 13.3. The fourth-order valence-electron chi connectivity index (χ4n) is 0.907. The highest BCUT2D eigenvalue weighted by Gasteiger charge is 2.33. The molecule has 17 heavy (non-hydrogen) atoms. The van der Waals surface area contributed by atoms with Gasteiger partial charge in [0.15, 0.2) is 0 Å². The van der Waals surface area contributed by atoms with Crippen LogP contribution in [0.25, 0.3) is 0 Å². The summed E-state index contributed by atoms with van der Waals surface area (Å²) in [5.74, 6) is 3.23. The predicted molar refractivity (Wildman–Crippen MR) is 75.5 cm³/mol. The number of anilines is 1. The Labute approximate surface area is 109 Å². The van der Waals surface area contributed by atoms with Crippen LogP contribution in [0.15, 0.2) is 6.07 Å². The van der Waals surface area contributed by atoms with E-state index in [0.717, 1.165) is 0 Å². The van der Waals surface area contributed by atoms with Crippen molar-refractivity contribution < 1.29 is 0 Å². The second-order valence-corrected chi connectivity index (χ2v) is 10.9. The molecule has 92 valence electrons. The average Bonchev–Trinajstić information content (AvgIpc) is 2.11. The highest BCUT2D eigenvalue weighted by Crippen LogP contribution is 2.35. The molecule has 0 bridgehead atoms. The van der Waals surface area contributed by atoms with Gasteiger partial charge in [0.2, 0.25) is 5.95 Å². The second kappa shape index (κ2) is 4.67. The number of aromatic nitrogens is 2. The summed E-state index contributed by atoms with van der Waals surface area (Å²) in [6.07, 6.45) is 0. The smallest absolute Gasteiger partial charge is 0.222 e. The van der Waals surface area contributed by atoms with Crippen LogP contribution >= 0.6 is 11.6 Å². The molecule has 1 heterocycles. The van der Waals surface area contributed by atoms with Gasteiger partial charge in [0.1, 0.15) is 18.9 Å². The molecule has 0 atom stereocenters. The molecule has 0 radical (unpaired) electrons. The predicted octanol–water partition coefficient (Wildman–Crippen LogP) is 3.11. The maximum Gasteiger partial charge on any atom is 0.222 e. The van der Waals surface area contributed by atoms with Crippen LogP contribution in [0, 0.1) is 11.5 Å². The van der Waals surface area contributed by atoms with Crippen molar-refractivity contribution in [3.8, 4) is 11.5 Å². The molecule has 0 spiro atoms. The first-order chi connectivity index (χ1) is 7.62. The topological polar surface area (TPSA) is 51.8 Å². The molecule has 0 unspecified atom stereocenters. The van der Waals surface area contributed by atoms with E-state index in [1.54, 1.807) is 6.07 Å². The third-order valence-electron chi connectivity index (χ3n) is 3.09. The van der Waals surface area contributed by atoms with Crippen molar-refractivity contribution in [2.45, 2.75) is 38.9 Å². The Hall–Kier alpha value is -1.05. The first-order valence-electron chi connectivity index (χ1n) is 5.45. The molecule has 1 rings (SSSR count). The third kappa shape index (κ3) is 3.72. The monoisotopic (exact) mass is 267 g/mol. The molecule has 1 aromatic heterocycles. The van der Waals surface area contributed by atoms with Gasteiger partial charge in [-0.3, -0.25) is 0 Å². The Balaban J connectivity index is 3.07. The maximum atomic E-state index is 5.80. The molecule has 0 fully saturated rings. The molecule has 2 N–H and O–H groups in total. The molecule has 0 saturated heterocycles.